The Morgan fingerprint density at radius 1 is 1.12 bits per heavy atom. The highest BCUT2D eigenvalue weighted by molar-refractivity contribution is 14.0. The van der Waals surface area contributed by atoms with Gasteiger partial charge in [0.15, 0.2) is 5.96 Å². The maximum Gasteiger partial charge on any atom is 0.191 e. The van der Waals surface area contributed by atoms with Crippen molar-refractivity contribution in [3.05, 3.63) is 35.4 Å². The highest BCUT2D eigenvalue weighted by Crippen LogP contribution is 2.09. The van der Waals surface area contributed by atoms with Gasteiger partial charge in [0.1, 0.15) is 11.6 Å². The fourth-order valence-corrected chi connectivity index (χ4v) is 2.66. The van der Waals surface area contributed by atoms with Gasteiger partial charge in [0.25, 0.3) is 0 Å². The minimum absolute atomic E-state index is 0. The smallest absolute Gasteiger partial charge is 0.191 e. The molecule has 2 N–H and O–H groups in total. The summed E-state index contributed by atoms with van der Waals surface area (Å²) in [6.45, 7) is 10.7. The standard InChI is InChI=1S/C18H30F2N4.HI/c1-13(2)24(14(3)4)10-6-9-22-18(21-5)23-12-15-11-16(19)7-8-17(15)20;/h7-8,11,13-14H,6,9-10,12H2,1-5H3,(H2,21,22,23);1H. The largest absolute Gasteiger partial charge is 0.356 e. The predicted molar refractivity (Wildman–Crippen MR) is 112 cm³/mol. The average Bonchev–Trinajstić information content (AvgIpc) is 2.52. The van der Waals surface area contributed by atoms with Crippen LogP contribution in [0, 0.1) is 11.6 Å². The molecular formula is C18H31F2IN4. The highest BCUT2D eigenvalue weighted by Gasteiger charge is 2.12. The summed E-state index contributed by atoms with van der Waals surface area (Å²) >= 11 is 0. The van der Waals surface area contributed by atoms with E-state index in [9.17, 15) is 8.78 Å². The number of nitrogens with one attached hydrogen (secondary N) is 2. The second-order valence-electron chi connectivity index (χ2n) is 6.37. The second-order valence-corrected chi connectivity index (χ2v) is 6.37. The zero-order valence-electron chi connectivity index (χ0n) is 15.8. The van der Waals surface area contributed by atoms with Gasteiger partial charge in [-0.15, -0.1) is 24.0 Å². The van der Waals surface area contributed by atoms with Gasteiger partial charge in [-0.1, -0.05) is 0 Å². The maximum atomic E-state index is 13.6. The van der Waals surface area contributed by atoms with E-state index in [1.165, 1.54) is 6.07 Å². The average molecular weight is 468 g/mol. The van der Waals surface area contributed by atoms with Crippen molar-refractivity contribution >= 4 is 29.9 Å². The van der Waals surface area contributed by atoms with Crippen molar-refractivity contribution in [1.29, 1.82) is 0 Å². The number of nitrogens with zero attached hydrogens (tertiary/aromatic N) is 2. The molecule has 1 aromatic carbocycles. The lowest BCUT2D eigenvalue weighted by molar-refractivity contribution is 0.173. The summed E-state index contributed by atoms with van der Waals surface area (Å²) in [5.41, 5.74) is 0.281. The van der Waals surface area contributed by atoms with Gasteiger partial charge in [0.2, 0.25) is 0 Å². The zero-order valence-corrected chi connectivity index (χ0v) is 18.1. The topological polar surface area (TPSA) is 39.7 Å². The zero-order chi connectivity index (χ0) is 18.1. The fraction of sp³-hybridized carbons (Fsp3) is 0.611. The van der Waals surface area contributed by atoms with E-state index in [0.717, 1.165) is 31.6 Å². The lowest BCUT2D eigenvalue weighted by Gasteiger charge is -2.30. The van der Waals surface area contributed by atoms with Crippen molar-refractivity contribution in [2.24, 2.45) is 4.99 Å². The quantitative estimate of drug-likeness (QED) is 0.264. The molecule has 0 aliphatic rings. The van der Waals surface area contributed by atoms with E-state index in [1.807, 2.05) is 0 Å². The normalized spacial score (nSPS) is 11.8. The third-order valence-electron chi connectivity index (χ3n) is 3.89. The van der Waals surface area contributed by atoms with Crippen LogP contribution >= 0.6 is 24.0 Å². The van der Waals surface area contributed by atoms with Crippen LogP contribution in [0.4, 0.5) is 8.78 Å². The van der Waals surface area contributed by atoms with E-state index >= 15 is 0 Å². The van der Waals surface area contributed by atoms with E-state index in [1.54, 1.807) is 7.05 Å². The Labute approximate surface area is 167 Å². The molecule has 0 amide bonds. The van der Waals surface area contributed by atoms with Gasteiger partial charge in [-0.05, 0) is 52.3 Å². The van der Waals surface area contributed by atoms with Gasteiger partial charge in [0, 0.05) is 44.3 Å². The Kier molecular flexibility index (Phi) is 11.9. The van der Waals surface area contributed by atoms with Crippen LogP contribution in [0.3, 0.4) is 0 Å². The molecule has 0 spiro atoms. The molecule has 0 heterocycles. The van der Waals surface area contributed by atoms with Crippen LogP contribution in [0.25, 0.3) is 0 Å². The SMILES string of the molecule is CN=C(NCCCN(C(C)C)C(C)C)NCc1cc(F)ccc1F.I. The summed E-state index contributed by atoms with van der Waals surface area (Å²) in [7, 11) is 1.66. The molecule has 0 atom stereocenters. The number of rotatable bonds is 8. The molecule has 1 rings (SSSR count). The first-order chi connectivity index (χ1) is 11.3. The number of hydrogen-bond acceptors (Lipinski definition) is 2. The Hall–Kier alpha value is -0.960. The second kappa shape index (κ2) is 12.4. The predicted octanol–water partition coefficient (Wildman–Crippen LogP) is 3.76. The summed E-state index contributed by atoms with van der Waals surface area (Å²) in [5, 5.41) is 6.21. The molecule has 1 aromatic rings. The molecule has 0 saturated heterocycles. The van der Waals surface area contributed by atoms with Crippen molar-refractivity contribution in [3.63, 3.8) is 0 Å². The first-order valence-electron chi connectivity index (χ1n) is 8.49. The Bertz CT molecular complexity index is 528. The summed E-state index contributed by atoms with van der Waals surface area (Å²) in [4.78, 5) is 6.54. The minimum Gasteiger partial charge on any atom is -0.356 e. The third-order valence-corrected chi connectivity index (χ3v) is 3.89. The van der Waals surface area contributed by atoms with Gasteiger partial charge < -0.3 is 10.6 Å². The highest BCUT2D eigenvalue weighted by atomic mass is 127. The van der Waals surface area contributed by atoms with Gasteiger partial charge in [-0.25, -0.2) is 8.78 Å². The lowest BCUT2D eigenvalue weighted by Crippen LogP contribution is -2.41. The Morgan fingerprint density at radius 3 is 2.32 bits per heavy atom. The number of aliphatic imine (C=N–C) groups is 1. The monoisotopic (exact) mass is 468 g/mol. The van der Waals surface area contributed by atoms with Crippen molar-refractivity contribution in [3.8, 4) is 0 Å². The number of halogens is 3. The van der Waals surface area contributed by atoms with Crippen molar-refractivity contribution < 1.29 is 8.78 Å². The van der Waals surface area contributed by atoms with Crippen LogP contribution in [0.1, 0.15) is 39.7 Å². The van der Waals surface area contributed by atoms with E-state index in [2.05, 4.69) is 48.2 Å². The molecule has 0 radical (unpaired) electrons. The summed E-state index contributed by atoms with van der Waals surface area (Å²) in [6.07, 6.45) is 0.978. The number of hydrogen-bond donors (Lipinski definition) is 2. The molecule has 7 heteroatoms. The van der Waals surface area contributed by atoms with E-state index in [4.69, 9.17) is 0 Å². The van der Waals surface area contributed by atoms with Crippen LogP contribution in [0.2, 0.25) is 0 Å². The number of benzene rings is 1. The molecular weight excluding hydrogens is 437 g/mol. The molecule has 0 aromatic heterocycles. The molecule has 144 valence electrons. The molecule has 4 nitrogen and oxygen atoms in total. The molecule has 0 fully saturated rings. The minimum atomic E-state index is -0.446. The third kappa shape index (κ3) is 8.80. The van der Waals surface area contributed by atoms with Crippen LogP contribution in [-0.2, 0) is 6.54 Å². The van der Waals surface area contributed by atoms with Crippen molar-refractivity contribution in [2.45, 2.75) is 52.7 Å². The number of guanidine groups is 1. The van der Waals surface area contributed by atoms with Crippen LogP contribution < -0.4 is 10.6 Å². The molecule has 0 aliphatic carbocycles. The first kappa shape index (κ1) is 24.0. The lowest BCUT2D eigenvalue weighted by atomic mass is 10.2. The summed E-state index contributed by atoms with van der Waals surface area (Å²) < 4.78 is 26.8. The van der Waals surface area contributed by atoms with Crippen LogP contribution in [-0.4, -0.2) is 43.1 Å². The molecule has 0 saturated carbocycles. The van der Waals surface area contributed by atoms with E-state index in [0.29, 0.717) is 18.0 Å². The summed E-state index contributed by atoms with van der Waals surface area (Å²) in [5.74, 6) is -0.290. The van der Waals surface area contributed by atoms with Gasteiger partial charge in [0.05, 0.1) is 0 Å². The van der Waals surface area contributed by atoms with Gasteiger partial charge in [-0.2, -0.15) is 0 Å². The molecule has 25 heavy (non-hydrogen) atoms. The first-order valence-corrected chi connectivity index (χ1v) is 8.49. The van der Waals surface area contributed by atoms with Crippen molar-refractivity contribution in [2.75, 3.05) is 20.1 Å². The Morgan fingerprint density at radius 2 is 1.76 bits per heavy atom. The van der Waals surface area contributed by atoms with E-state index < -0.39 is 11.6 Å². The van der Waals surface area contributed by atoms with Gasteiger partial charge in [-0.3, -0.25) is 9.89 Å². The maximum absolute atomic E-state index is 13.6. The summed E-state index contributed by atoms with van der Waals surface area (Å²) in [6, 6.07) is 4.46. The Balaban J connectivity index is 0.00000576. The fourth-order valence-electron chi connectivity index (χ4n) is 2.66. The van der Waals surface area contributed by atoms with Crippen LogP contribution in [0.5, 0.6) is 0 Å². The molecule has 0 bridgehead atoms. The molecule has 0 unspecified atom stereocenters. The van der Waals surface area contributed by atoms with Gasteiger partial charge >= 0.3 is 0 Å². The van der Waals surface area contributed by atoms with Crippen LogP contribution in [0.15, 0.2) is 23.2 Å². The van der Waals surface area contributed by atoms with E-state index in [-0.39, 0.29) is 36.1 Å². The molecule has 0 aliphatic heterocycles. The van der Waals surface area contributed by atoms with Crippen molar-refractivity contribution in [1.82, 2.24) is 15.5 Å².